The number of aromatic nitrogens is 2. The fourth-order valence-electron chi connectivity index (χ4n) is 2.41. The number of nitrogens with one attached hydrogen (secondary N) is 1. The van der Waals surface area contributed by atoms with Crippen LogP contribution in [0.2, 0.25) is 5.15 Å². The van der Waals surface area contributed by atoms with Crippen LogP contribution >= 0.6 is 11.6 Å². The van der Waals surface area contributed by atoms with E-state index < -0.39 is 0 Å². The molecule has 0 spiro atoms. The van der Waals surface area contributed by atoms with Gasteiger partial charge < -0.3 is 10.1 Å². The van der Waals surface area contributed by atoms with Gasteiger partial charge in [-0.1, -0.05) is 11.6 Å². The molecule has 104 valence electrons. The molecule has 0 aromatic carbocycles. The maximum Gasteiger partial charge on any atom is 0.137 e. The van der Waals surface area contributed by atoms with Crippen LogP contribution in [0, 0.1) is 12.8 Å². The predicted octanol–water partition coefficient (Wildman–Crippen LogP) is 3.15. The number of hydrogen-bond acceptors (Lipinski definition) is 4. The van der Waals surface area contributed by atoms with Crippen LogP contribution in [0.3, 0.4) is 0 Å². The number of nitrogens with zero attached hydrogens (tertiary/aromatic N) is 2. The second-order valence-corrected chi connectivity index (χ2v) is 5.92. The number of ether oxygens (including phenoxy) is 1. The van der Waals surface area contributed by atoms with Crippen molar-refractivity contribution >= 4 is 17.4 Å². The van der Waals surface area contributed by atoms with Crippen LogP contribution in [0.25, 0.3) is 0 Å². The third-order valence-electron chi connectivity index (χ3n) is 3.92. The van der Waals surface area contributed by atoms with Crippen LogP contribution in [0.4, 0.5) is 5.82 Å². The zero-order chi connectivity index (χ0) is 13.2. The summed E-state index contributed by atoms with van der Waals surface area (Å²) < 4.78 is 5.39. The monoisotopic (exact) mass is 281 g/mol. The van der Waals surface area contributed by atoms with Crippen molar-refractivity contribution in [1.82, 2.24) is 9.97 Å². The largest absolute Gasteiger partial charge is 0.381 e. The SMILES string of the molecule is Cc1c(Cl)nc(C2CC2)nc1NCCC1CCOC1. The number of rotatable bonds is 5. The Balaban J connectivity index is 1.62. The number of hydrogen-bond donors (Lipinski definition) is 1. The van der Waals surface area contributed by atoms with Crippen molar-refractivity contribution in [2.45, 2.75) is 38.5 Å². The lowest BCUT2D eigenvalue weighted by Gasteiger charge is -2.13. The highest BCUT2D eigenvalue weighted by Crippen LogP contribution is 2.39. The first-order chi connectivity index (χ1) is 9.24. The van der Waals surface area contributed by atoms with Gasteiger partial charge in [-0.05, 0) is 38.5 Å². The molecule has 4 nitrogen and oxygen atoms in total. The number of anilines is 1. The first kappa shape index (κ1) is 13.1. The first-order valence-electron chi connectivity index (χ1n) is 7.09. The van der Waals surface area contributed by atoms with Gasteiger partial charge in [-0.25, -0.2) is 9.97 Å². The second-order valence-electron chi connectivity index (χ2n) is 5.57. The summed E-state index contributed by atoms with van der Waals surface area (Å²) in [5.74, 6) is 3.03. The summed E-state index contributed by atoms with van der Waals surface area (Å²) >= 11 is 6.19. The first-order valence-corrected chi connectivity index (χ1v) is 7.47. The lowest BCUT2D eigenvalue weighted by atomic mass is 10.1. The van der Waals surface area contributed by atoms with Gasteiger partial charge in [-0.3, -0.25) is 0 Å². The van der Waals surface area contributed by atoms with Gasteiger partial charge in [0.25, 0.3) is 0 Å². The Hall–Kier alpha value is -0.870. The summed E-state index contributed by atoms with van der Waals surface area (Å²) in [5, 5.41) is 4.00. The average Bonchev–Trinajstić information content (AvgIpc) is 3.12. The fourth-order valence-corrected chi connectivity index (χ4v) is 2.58. The number of halogens is 1. The molecule has 1 aliphatic heterocycles. The Morgan fingerprint density at radius 3 is 2.84 bits per heavy atom. The molecule has 1 unspecified atom stereocenters. The third kappa shape index (κ3) is 3.18. The maximum atomic E-state index is 6.19. The topological polar surface area (TPSA) is 47.0 Å². The van der Waals surface area contributed by atoms with Crippen LogP contribution in [-0.4, -0.2) is 29.7 Å². The smallest absolute Gasteiger partial charge is 0.137 e. The molecule has 0 radical (unpaired) electrons. The van der Waals surface area contributed by atoms with Gasteiger partial charge in [0.1, 0.15) is 16.8 Å². The average molecular weight is 282 g/mol. The molecule has 5 heteroatoms. The van der Waals surface area contributed by atoms with Gasteiger partial charge in [0.15, 0.2) is 0 Å². The molecule has 1 aromatic heterocycles. The van der Waals surface area contributed by atoms with E-state index in [1.807, 2.05) is 6.92 Å². The van der Waals surface area contributed by atoms with Gasteiger partial charge >= 0.3 is 0 Å². The van der Waals surface area contributed by atoms with E-state index in [1.54, 1.807) is 0 Å². The van der Waals surface area contributed by atoms with Gasteiger partial charge in [0.05, 0.1) is 0 Å². The molecule has 0 amide bonds. The molecule has 19 heavy (non-hydrogen) atoms. The van der Waals surface area contributed by atoms with E-state index in [4.69, 9.17) is 16.3 Å². The van der Waals surface area contributed by atoms with Crippen LogP contribution in [0.15, 0.2) is 0 Å². The van der Waals surface area contributed by atoms with Crippen molar-refractivity contribution in [3.63, 3.8) is 0 Å². The molecule has 1 aromatic rings. The minimum atomic E-state index is 0.530. The van der Waals surface area contributed by atoms with Gasteiger partial charge in [0.2, 0.25) is 0 Å². The molecule has 1 aliphatic carbocycles. The van der Waals surface area contributed by atoms with Crippen molar-refractivity contribution in [1.29, 1.82) is 0 Å². The summed E-state index contributed by atoms with van der Waals surface area (Å²) in [6.45, 7) is 4.71. The molecule has 2 aliphatic rings. The molecular weight excluding hydrogens is 262 g/mol. The van der Waals surface area contributed by atoms with Crippen LogP contribution in [0.5, 0.6) is 0 Å². The molecule has 1 saturated heterocycles. The van der Waals surface area contributed by atoms with Crippen LogP contribution in [-0.2, 0) is 4.74 Å². The maximum absolute atomic E-state index is 6.19. The minimum Gasteiger partial charge on any atom is -0.381 e. The Morgan fingerprint density at radius 2 is 2.16 bits per heavy atom. The zero-order valence-corrected chi connectivity index (χ0v) is 12.0. The van der Waals surface area contributed by atoms with E-state index in [1.165, 1.54) is 19.3 Å². The standard InChI is InChI=1S/C14H20ClN3O/c1-9-12(15)17-14(11-2-3-11)18-13(9)16-6-4-10-5-7-19-8-10/h10-11H,2-8H2,1H3,(H,16,17,18). The second kappa shape index (κ2) is 5.63. The Kier molecular flexibility index (Phi) is 3.89. The summed E-state index contributed by atoms with van der Waals surface area (Å²) in [7, 11) is 0. The highest BCUT2D eigenvalue weighted by molar-refractivity contribution is 6.30. The highest BCUT2D eigenvalue weighted by Gasteiger charge is 2.28. The zero-order valence-electron chi connectivity index (χ0n) is 11.3. The summed E-state index contributed by atoms with van der Waals surface area (Å²) in [4.78, 5) is 9.00. The van der Waals surface area contributed by atoms with E-state index in [2.05, 4.69) is 15.3 Å². The Bertz CT molecular complexity index is 456. The normalized spacial score (nSPS) is 22.7. The van der Waals surface area contributed by atoms with Crippen molar-refractivity contribution in [2.24, 2.45) is 5.92 Å². The van der Waals surface area contributed by atoms with Crippen molar-refractivity contribution in [3.05, 3.63) is 16.5 Å². The van der Waals surface area contributed by atoms with Crippen LogP contribution < -0.4 is 5.32 Å². The molecule has 1 atom stereocenters. The quantitative estimate of drug-likeness (QED) is 0.842. The molecule has 1 N–H and O–H groups in total. The molecule has 3 rings (SSSR count). The summed E-state index contributed by atoms with van der Waals surface area (Å²) in [5.41, 5.74) is 0.953. The van der Waals surface area contributed by atoms with Gasteiger partial charge in [-0.15, -0.1) is 0 Å². The molecule has 1 saturated carbocycles. The van der Waals surface area contributed by atoms with Crippen molar-refractivity contribution in [3.8, 4) is 0 Å². The molecule has 0 bridgehead atoms. The van der Waals surface area contributed by atoms with E-state index in [0.717, 1.165) is 43.4 Å². The Morgan fingerprint density at radius 1 is 1.32 bits per heavy atom. The van der Waals surface area contributed by atoms with Gasteiger partial charge in [-0.2, -0.15) is 0 Å². The van der Waals surface area contributed by atoms with E-state index in [-0.39, 0.29) is 0 Å². The van der Waals surface area contributed by atoms with E-state index in [0.29, 0.717) is 17.0 Å². The highest BCUT2D eigenvalue weighted by atomic mass is 35.5. The minimum absolute atomic E-state index is 0.530. The molecular formula is C14H20ClN3O. The summed E-state index contributed by atoms with van der Waals surface area (Å²) in [6.07, 6.45) is 4.69. The summed E-state index contributed by atoms with van der Waals surface area (Å²) in [6, 6.07) is 0. The van der Waals surface area contributed by atoms with Crippen molar-refractivity contribution < 1.29 is 4.74 Å². The Labute approximate surface area is 118 Å². The van der Waals surface area contributed by atoms with Crippen LogP contribution in [0.1, 0.15) is 43.0 Å². The predicted molar refractivity (Wildman–Crippen MR) is 75.8 cm³/mol. The van der Waals surface area contributed by atoms with Gasteiger partial charge in [0, 0.05) is 31.2 Å². The molecule has 2 fully saturated rings. The third-order valence-corrected chi connectivity index (χ3v) is 4.28. The lowest BCUT2D eigenvalue weighted by molar-refractivity contribution is 0.185. The lowest BCUT2D eigenvalue weighted by Crippen LogP contribution is -2.12. The van der Waals surface area contributed by atoms with E-state index in [9.17, 15) is 0 Å². The van der Waals surface area contributed by atoms with E-state index >= 15 is 0 Å². The molecule has 2 heterocycles. The van der Waals surface area contributed by atoms with Crippen molar-refractivity contribution in [2.75, 3.05) is 25.1 Å². The fraction of sp³-hybridized carbons (Fsp3) is 0.714.